The number of amides is 1. The van der Waals surface area contributed by atoms with Crippen molar-refractivity contribution in [3.05, 3.63) is 54.0 Å². The number of methoxy groups -OCH3 is 1. The maximum absolute atomic E-state index is 12.2. The zero-order valence-corrected chi connectivity index (χ0v) is 13.7. The molecule has 6 nitrogen and oxygen atoms in total. The maximum Gasteiger partial charge on any atom is 0.287 e. The normalized spacial score (nSPS) is 16.5. The Morgan fingerprint density at radius 2 is 2.12 bits per heavy atom. The first-order valence-corrected chi connectivity index (χ1v) is 8.05. The Bertz CT molecular complexity index is 651. The van der Waals surface area contributed by atoms with Crippen LogP contribution < -0.4 is 10.1 Å². The molecular weight excluding hydrogens is 308 g/mol. The molecule has 6 heteroatoms. The van der Waals surface area contributed by atoms with E-state index < -0.39 is 0 Å². The molecule has 1 aromatic carbocycles. The lowest BCUT2D eigenvalue weighted by molar-refractivity contribution is 0.0161. The number of ether oxygens (including phenoxy) is 2. The van der Waals surface area contributed by atoms with E-state index >= 15 is 0 Å². The number of nitrogens with zero attached hydrogens (tertiary/aromatic N) is 1. The van der Waals surface area contributed by atoms with Crippen molar-refractivity contribution in [1.82, 2.24) is 10.2 Å². The fourth-order valence-electron chi connectivity index (χ4n) is 2.88. The van der Waals surface area contributed by atoms with Crippen LogP contribution in [0.25, 0.3) is 0 Å². The van der Waals surface area contributed by atoms with Crippen LogP contribution in [0.3, 0.4) is 0 Å². The highest BCUT2D eigenvalue weighted by Crippen LogP contribution is 2.25. The monoisotopic (exact) mass is 330 g/mol. The molecule has 1 N–H and O–H groups in total. The van der Waals surface area contributed by atoms with E-state index in [0.29, 0.717) is 25.5 Å². The van der Waals surface area contributed by atoms with Crippen molar-refractivity contribution in [2.75, 3.05) is 40.0 Å². The Kier molecular flexibility index (Phi) is 5.51. The SMILES string of the molecule is COc1cccc(C(CNC(=O)c2ccco2)N2CCOCC2)c1. The maximum atomic E-state index is 12.2. The van der Waals surface area contributed by atoms with E-state index in [-0.39, 0.29) is 11.9 Å². The van der Waals surface area contributed by atoms with Crippen LogP contribution in [0.15, 0.2) is 47.1 Å². The summed E-state index contributed by atoms with van der Waals surface area (Å²) in [6.07, 6.45) is 1.50. The summed E-state index contributed by atoms with van der Waals surface area (Å²) < 4.78 is 15.9. The third-order valence-electron chi connectivity index (χ3n) is 4.17. The van der Waals surface area contributed by atoms with Gasteiger partial charge >= 0.3 is 0 Å². The topological polar surface area (TPSA) is 63.9 Å². The zero-order chi connectivity index (χ0) is 16.8. The van der Waals surface area contributed by atoms with Crippen LogP contribution >= 0.6 is 0 Å². The molecule has 1 aliphatic heterocycles. The summed E-state index contributed by atoms with van der Waals surface area (Å²) in [5.74, 6) is 0.922. The standard InChI is InChI=1S/C18H22N2O4/c1-22-15-5-2-4-14(12-15)16(20-7-10-23-11-8-20)13-19-18(21)17-6-3-9-24-17/h2-6,9,12,16H,7-8,10-11,13H2,1H3,(H,19,21). The quantitative estimate of drug-likeness (QED) is 0.879. The second kappa shape index (κ2) is 7.99. The van der Waals surface area contributed by atoms with Crippen LogP contribution in [0, 0.1) is 0 Å². The number of rotatable bonds is 6. The van der Waals surface area contributed by atoms with Gasteiger partial charge in [0.2, 0.25) is 0 Å². The molecule has 1 amide bonds. The smallest absolute Gasteiger partial charge is 0.287 e. The van der Waals surface area contributed by atoms with Crippen molar-refractivity contribution in [1.29, 1.82) is 0 Å². The summed E-state index contributed by atoms with van der Waals surface area (Å²) in [5.41, 5.74) is 1.11. The minimum atomic E-state index is -0.207. The Morgan fingerprint density at radius 3 is 2.83 bits per heavy atom. The highest BCUT2D eigenvalue weighted by atomic mass is 16.5. The van der Waals surface area contributed by atoms with Gasteiger partial charge < -0.3 is 19.2 Å². The van der Waals surface area contributed by atoms with Gasteiger partial charge in [0.1, 0.15) is 5.75 Å². The Hall–Kier alpha value is -2.31. The fourth-order valence-corrected chi connectivity index (χ4v) is 2.88. The van der Waals surface area contributed by atoms with E-state index in [1.54, 1.807) is 19.2 Å². The number of hydrogen-bond acceptors (Lipinski definition) is 5. The lowest BCUT2D eigenvalue weighted by Gasteiger charge is -2.35. The van der Waals surface area contributed by atoms with E-state index in [1.165, 1.54) is 6.26 Å². The molecule has 128 valence electrons. The van der Waals surface area contributed by atoms with Crippen molar-refractivity contribution < 1.29 is 18.7 Å². The van der Waals surface area contributed by atoms with Gasteiger partial charge in [-0.25, -0.2) is 0 Å². The van der Waals surface area contributed by atoms with Gasteiger partial charge in [-0.2, -0.15) is 0 Å². The molecule has 0 bridgehead atoms. The van der Waals surface area contributed by atoms with Crippen LogP contribution in [0.2, 0.25) is 0 Å². The number of morpholine rings is 1. The summed E-state index contributed by atoms with van der Waals surface area (Å²) in [6, 6.07) is 11.4. The molecule has 1 saturated heterocycles. The van der Waals surface area contributed by atoms with Gasteiger partial charge in [0, 0.05) is 19.6 Å². The summed E-state index contributed by atoms with van der Waals surface area (Å²) in [4.78, 5) is 14.5. The van der Waals surface area contributed by atoms with Crippen molar-refractivity contribution >= 4 is 5.91 Å². The molecule has 1 unspecified atom stereocenters. The second-order valence-electron chi connectivity index (χ2n) is 5.63. The highest BCUT2D eigenvalue weighted by molar-refractivity contribution is 5.91. The van der Waals surface area contributed by atoms with Crippen LogP contribution in [-0.2, 0) is 4.74 Å². The number of nitrogens with one attached hydrogen (secondary N) is 1. The van der Waals surface area contributed by atoms with E-state index in [1.807, 2.05) is 18.2 Å². The van der Waals surface area contributed by atoms with Gasteiger partial charge in [0.25, 0.3) is 5.91 Å². The van der Waals surface area contributed by atoms with Gasteiger partial charge in [-0.3, -0.25) is 9.69 Å². The molecule has 1 atom stereocenters. The van der Waals surface area contributed by atoms with Crippen molar-refractivity contribution in [2.45, 2.75) is 6.04 Å². The van der Waals surface area contributed by atoms with Gasteiger partial charge in [0.15, 0.2) is 5.76 Å². The Labute approximate surface area is 141 Å². The lowest BCUT2D eigenvalue weighted by Crippen LogP contribution is -2.43. The Morgan fingerprint density at radius 1 is 1.29 bits per heavy atom. The number of benzene rings is 1. The van der Waals surface area contributed by atoms with Gasteiger partial charge in [-0.05, 0) is 29.8 Å². The van der Waals surface area contributed by atoms with Gasteiger partial charge in [-0.15, -0.1) is 0 Å². The van der Waals surface area contributed by atoms with Crippen molar-refractivity contribution in [3.8, 4) is 5.75 Å². The summed E-state index contributed by atoms with van der Waals surface area (Å²) >= 11 is 0. The van der Waals surface area contributed by atoms with Crippen LogP contribution in [-0.4, -0.2) is 50.8 Å². The van der Waals surface area contributed by atoms with E-state index in [9.17, 15) is 4.79 Å². The molecule has 0 radical (unpaired) electrons. The van der Waals surface area contributed by atoms with Crippen LogP contribution in [0.4, 0.5) is 0 Å². The minimum Gasteiger partial charge on any atom is -0.497 e. The van der Waals surface area contributed by atoms with Gasteiger partial charge in [0.05, 0.1) is 32.6 Å². The van der Waals surface area contributed by atoms with Crippen LogP contribution in [0.5, 0.6) is 5.75 Å². The molecule has 0 saturated carbocycles. The molecule has 2 aromatic rings. The second-order valence-corrected chi connectivity index (χ2v) is 5.63. The first-order valence-electron chi connectivity index (χ1n) is 8.05. The number of furan rings is 1. The molecule has 1 fully saturated rings. The summed E-state index contributed by atoms with van der Waals surface area (Å²) in [6.45, 7) is 3.56. The predicted molar refractivity (Wildman–Crippen MR) is 89.2 cm³/mol. The molecule has 0 spiro atoms. The molecule has 0 aliphatic carbocycles. The van der Waals surface area contributed by atoms with Crippen molar-refractivity contribution in [3.63, 3.8) is 0 Å². The first-order chi connectivity index (χ1) is 11.8. The number of carbonyl (C=O) groups is 1. The third kappa shape index (κ3) is 3.96. The number of carbonyl (C=O) groups excluding carboxylic acids is 1. The third-order valence-corrected chi connectivity index (χ3v) is 4.17. The molecular formula is C18H22N2O4. The fraction of sp³-hybridized carbons (Fsp3) is 0.389. The highest BCUT2D eigenvalue weighted by Gasteiger charge is 2.24. The summed E-state index contributed by atoms with van der Waals surface area (Å²) in [7, 11) is 1.65. The largest absolute Gasteiger partial charge is 0.497 e. The molecule has 2 heterocycles. The lowest BCUT2D eigenvalue weighted by atomic mass is 10.0. The molecule has 1 aromatic heterocycles. The zero-order valence-electron chi connectivity index (χ0n) is 13.7. The molecule has 1 aliphatic rings. The first kappa shape index (κ1) is 16.5. The average Bonchev–Trinajstić information content (AvgIpc) is 3.18. The van der Waals surface area contributed by atoms with E-state index in [2.05, 4.69) is 16.3 Å². The van der Waals surface area contributed by atoms with E-state index in [0.717, 1.165) is 24.4 Å². The molecule has 3 rings (SSSR count). The number of hydrogen-bond donors (Lipinski definition) is 1. The van der Waals surface area contributed by atoms with E-state index in [4.69, 9.17) is 13.9 Å². The Balaban J connectivity index is 1.75. The predicted octanol–water partition coefficient (Wildman–Crippen LogP) is 2.09. The molecule has 24 heavy (non-hydrogen) atoms. The minimum absolute atomic E-state index is 0.0583. The average molecular weight is 330 g/mol. The summed E-state index contributed by atoms with van der Waals surface area (Å²) in [5, 5.41) is 2.96. The van der Waals surface area contributed by atoms with Crippen molar-refractivity contribution in [2.24, 2.45) is 0 Å². The van der Waals surface area contributed by atoms with Gasteiger partial charge in [-0.1, -0.05) is 12.1 Å². The van der Waals surface area contributed by atoms with Crippen LogP contribution in [0.1, 0.15) is 22.2 Å².